The Bertz CT molecular complexity index is 1290. The number of aryl methyl sites for hydroxylation is 1. The summed E-state index contributed by atoms with van der Waals surface area (Å²) in [5.74, 6) is 0.727. The molecule has 0 aliphatic heterocycles. The van der Waals surface area contributed by atoms with Gasteiger partial charge in [-0.25, -0.2) is 0 Å². The second kappa shape index (κ2) is 11.1. The molecule has 1 amide bonds. The van der Waals surface area contributed by atoms with E-state index in [1.54, 1.807) is 31.5 Å². The van der Waals surface area contributed by atoms with Crippen molar-refractivity contribution in [1.29, 1.82) is 0 Å². The monoisotopic (exact) mass is 489 g/mol. The summed E-state index contributed by atoms with van der Waals surface area (Å²) in [5, 5.41) is 12.2. The lowest BCUT2D eigenvalue weighted by Crippen LogP contribution is -2.24. The van der Waals surface area contributed by atoms with Crippen LogP contribution in [0.1, 0.15) is 27.7 Å². The van der Waals surface area contributed by atoms with Gasteiger partial charge in [-0.2, -0.15) is 0 Å². The second-order valence-corrected chi connectivity index (χ2v) is 9.17. The molecule has 180 valence electrons. The number of aromatic nitrogens is 3. The van der Waals surface area contributed by atoms with E-state index in [0.29, 0.717) is 33.7 Å². The van der Waals surface area contributed by atoms with E-state index < -0.39 is 0 Å². The number of likely N-dealkylation sites (N-methyl/N-ethyl adjacent to an activating group) is 1. The molecule has 2 aromatic heterocycles. The maximum atomic E-state index is 12.9. The van der Waals surface area contributed by atoms with E-state index in [9.17, 15) is 4.79 Å². The number of carbonyl (C=O) groups is 1. The van der Waals surface area contributed by atoms with Gasteiger partial charge in [-0.1, -0.05) is 41.7 Å². The van der Waals surface area contributed by atoms with E-state index in [-0.39, 0.29) is 12.0 Å². The van der Waals surface area contributed by atoms with Crippen molar-refractivity contribution in [2.24, 2.45) is 0 Å². The average molecular weight is 490 g/mol. The van der Waals surface area contributed by atoms with Crippen molar-refractivity contribution in [3.05, 3.63) is 83.7 Å². The van der Waals surface area contributed by atoms with Gasteiger partial charge in [0.25, 0.3) is 5.91 Å². The minimum absolute atomic E-state index is 0.198. The normalized spacial score (nSPS) is 11.8. The van der Waals surface area contributed by atoms with E-state index in [1.165, 1.54) is 11.3 Å². The van der Waals surface area contributed by atoms with Crippen LogP contribution in [0, 0.1) is 6.92 Å². The average Bonchev–Trinajstić information content (AvgIpc) is 3.32. The highest BCUT2D eigenvalue weighted by Gasteiger charge is 2.19. The van der Waals surface area contributed by atoms with E-state index in [1.807, 2.05) is 63.5 Å². The predicted molar refractivity (Wildman–Crippen MR) is 137 cm³/mol. The summed E-state index contributed by atoms with van der Waals surface area (Å²) in [4.78, 5) is 19.2. The fraction of sp³-hybridized carbons (Fsp3) is 0.231. The molecule has 0 bridgehead atoms. The maximum absolute atomic E-state index is 12.9. The molecule has 9 heteroatoms. The number of hydrogen-bond donors (Lipinski definition) is 1. The van der Waals surface area contributed by atoms with Crippen molar-refractivity contribution in [2.75, 3.05) is 33.1 Å². The van der Waals surface area contributed by atoms with Gasteiger partial charge in [-0.15, -0.1) is 10.2 Å². The van der Waals surface area contributed by atoms with Gasteiger partial charge < -0.3 is 14.4 Å². The third kappa shape index (κ3) is 6.20. The molecule has 0 saturated heterocycles. The molecule has 1 atom stereocenters. The van der Waals surface area contributed by atoms with Gasteiger partial charge in [0.15, 0.2) is 11.5 Å². The molecule has 0 fully saturated rings. The molecule has 35 heavy (non-hydrogen) atoms. The van der Waals surface area contributed by atoms with Crippen molar-refractivity contribution < 1.29 is 14.3 Å². The first-order valence-corrected chi connectivity index (χ1v) is 11.9. The van der Waals surface area contributed by atoms with E-state index in [2.05, 4.69) is 25.4 Å². The maximum Gasteiger partial charge on any atom is 0.257 e. The van der Waals surface area contributed by atoms with Crippen molar-refractivity contribution in [1.82, 2.24) is 20.1 Å². The largest absolute Gasteiger partial charge is 0.493 e. The van der Waals surface area contributed by atoms with Crippen LogP contribution in [0.3, 0.4) is 0 Å². The quantitative estimate of drug-likeness (QED) is 0.359. The van der Waals surface area contributed by atoms with Crippen LogP contribution in [0.5, 0.6) is 11.5 Å². The van der Waals surface area contributed by atoms with Crippen LogP contribution >= 0.6 is 11.3 Å². The SMILES string of the molecule is COc1cc(C(=O)Nc2nnc(-c3ccnc(C)c3)s2)ccc1O[C@@H](CN(C)C)c1ccccc1. The molecule has 0 aliphatic rings. The van der Waals surface area contributed by atoms with Gasteiger partial charge in [0, 0.05) is 29.6 Å². The Labute approximate surface area is 208 Å². The summed E-state index contributed by atoms with van der Waals surface area (Å²) in [7, 11) is 5.55. The Kier molecular flexibility index (Phi) is 7.69. The lowest BCUT2D eigenvalue weighted by atomic mass is 10.1. The number of methoxy groups -OCH3 is 1. The van der Waals surface area contributed by atoms with Gasteiger partial charge in [-0.05, 0) is 56.9 Å². The van der Waals surface area contributed by atoms with Crippen LogP contribution in [-0.2, 0) is 0 Å². The van der Waals surface area contributed by atoms with Crippen molar-refractivity contribution in [2.45, 2.75) is 13.0 Å². The summed E-state index contributed by atoms with van der Waals surface area (Å²) in [5.41, 5.74) is 3.28. The molecule has 4 aromatic rings. The number of benzene rings is 2. The lowest BCUT2D eigenvalue weighted by Gasteiger charge is -2.24. The van der Waals surface area contributed by atoms with Crippen LogP contribution in [-0.4, -0.2) is 53.7 Å². The zero-order chi connectivity index (χ0) is 24.8. The summed E-state index contributed by atoms with van der Waals surface area (Å²) in [6, 6.07) is 18.9. The summed E-state index contributed by atoms with van der Waals surface area (Å²) in [6.07, 6.45) is 1.53. The highest BCUT2D eigenvalue weighted by Crippen LogP contribution is 2.33. The van der Waals surface area contributed by atoms with Crippen LogP contribution in [0.2, 0.25) is 0 Å². The smallest absolute Gasteiger partial charge is 0.257 e. The third-order valence-corrected chi connectivity index (χ3v) is 6.07. The number of anilines is 1. The fourth-order valence-electron chi connectivity index (χ4n) is 3.51. The number of amides is 1. The molecule has 0 aliphatic carbocycles. The Hall–Kier alpha value is -3.82. The topological polar surface area (TPSA) is 89.5 Å². The highest BCUT2D eigenvalue weighted by molar-refractivity contribution is 7.18. The molecule has 0 saturated carbocycles. The number of nitrogens with zero attached hydrogens (tertiary/aromatic N) is 4. The minimum Gasteiger partial charge on any atom is -0.493 e. The summed E-state index contributed by atoms with van der Waals surface area (Å²) >= 11 is 1.30. The van der Waals surface area contributed by atoms with E-state index in [4.69, 9.17) is 9.47 Å². The van der Waals surface area contributed by atoms with Gasteiger partial charge in [0.1, 0.15) is 11.1 Å². The van der Waals surface area contributed by atoms with Gasteiger partial charge in [0.05, 0.1) is 7.11 Å². The molecule has 8 nitrogen and oxygen atoms in total. The molecule has 0 unspecified atom stereocenters. The van der Waals surface area contributed by atoms with Crippen molar-refractivity contribution >= 4 is 22.4 Å². The lowest BCUT2D eigenvalue weighted by molar-refractivity contribution is 0.102. The van der Waals surface area contributed by atoms with E-state index >= 15 is 0 Å². The second-order valence-electron chi connectivity index (χ2n) is 8.20. The van der Waals surface area contributed by atoms with Crippen molar-refractivity contribution in [3.8, 4) is 22.1 Å². The Balaban J connectivity index is 1.50. The van der Waals surface area contributed by atoms with Crippen LogP contribution in [0.4, 0.5) is 5.13 Å². The predicted octanol–water partition coefficient (Wildman–Crippen LogP) is 4.85. The zero-order valence-corrected chi connectivity index (χ0v) is 20.9. The zero-order valence-electron chi connectivity index (χ0n) is 20.1. The molecule has 2 aromatic carbocycles. The molecule has 1 N–H and O–H groups in total. The fourth-order valence-corrected chi connectivity index (χ4v) is 4.24. The van der Waals surface area contributed by atoms with E-state index in [0.717, 1.165) is 16.8 Å². The number of pyridine rings is 1. The van der Waals surface area contributed by atoms with Crippen LogP contribution in [0.25, 0.3) is 10.6 Å². The molecular weight excluding hydrogens is 462 g/mol. The number of nitrogens with one attached hydrogen (secondary N) is 1. The highest BCUT2D eigenvalue weighted by atomic mass is 32.1. The number of hydrogen-bond acceptors (Lipinski definition) is 8. The molecular formula is C26H27N5O3S. The van der Waals surface area contributed by atoms with Gasteiger partial charge in [-0.3, -0.25) is 15.1 Å². The van der Waals surface area contributed by atoms with Gasteiger partial charge >= 0.3 is 0 Å². The number of carbonyl (C=O) groups excluding carboxylic acids is 1. The number of rotatable bonds is 9. The third-order valence-electron chi connectivity index (χ3n) is 5.19. The Morgan fingerprint density at radius 3 is 2.57 bits per heavy atom. The Morgan fingerprint density at radius 2 is 1.86 bits per heavy atom. The molecule has 0 spiro atoms. The summed E-state index contributed by atoms with van der Waals surface area (Å²) < 4.78 is 11.9. The first kappa shape index (κ1) is 24.3. The molecule has 4 rings (SSSR count). The molecule has 2 heterocycles. The van der Waals surface area contributed by atoms with Crippen molar-refractivity contribution in [3.63, 3.8) is 0 Å². The minimum atomic E-state index is -0.309. The Morgan fingerprint density at radius 1 is 1.06 bits per heavy atom. The first-order valence-electron chi connectivity index (χ1n) is 11.0. The van der Waals surface area contributed by atoms with Gasteiger partial charge in [0.2, 0.25) is 5.13 Å². The van der Waals surface area contributed by atoms with Crippen LogP contribution in [0.15, 0.2) is 66.9 Å². The summed E-state index contributed by atoms with van der Waals surface area (Å²) in [6.45, 7) is 2.60. The standard InChI is InChI=1S/C26H27N5O3S/c1-17-14-20(12-13-27-17)25-29-30-26(35-25)28-24(32)19-10-11-21(22(15-19)33-4)34-23(16-31(2)3)18-8-6-5-7-9-18/h5-15,23H,16H2,1-4H3,(H,28,30,32)/t23-/m0/s1. The first-order chi connectivity index (χ1) is 16.9. The molecule has 0 radical (unpaired) electrons. The number of ether oxygens (including phenoxy) is 2. The van der Waals surface area contributed by atoms with Crippen LogP contribution < -0.4 is 14.8 Å².